The summed E-state index contributed by atoms with van der Waals surface area (Å²) < 4.78 is 0. The second-order valence-electron chi connectivity index (χ2n) is 8.17. The van der Waals surface area contributed by atoms with Gasteiger partial charge in [-0.3, -0.25) is 0 Å². The van der Waals surface area contributed by atoms with Gasteiger partial charge in [0.1, 0.15) is 0 Å². The average molecular weight is 362 g/mol. The van der Waals surface area contributed by atoms with Crippen molar-refractivity contribution in [2.45, 2.75) is 84.4 Å². The summed E-state index contributed by atoms with van der Waals surface area (Å²) in [7, 11) is 0. The van der Waals surface area contributed by atoms with Crippen LogP contribution in [0.3, 0.4) is 0 Å². The van der Waals surface area contributed by atoms with Gasteiger partial charge in [-0.05, 0) is 53.3 Å². The number of hydrogen-bond acceptors (Lipinski definition) is 1. The molecule has 2 aromatic carbocycles. The van der Waals surface area contributed by atoms with Gasteiger partial charge in [-0.25, -0.2) is 0 Å². The zero-order valence-corrected chi connectivity index (χ0v) is 17.3. The molecular weight excluding hydrogens is 327 g/mol. The molecule has 27 heavy (non-hydrogen) atoms. The molecule has 3 rings (SSSR count). The van der Waals surface area contributed by atoms with E-state index in [0.717, 1.165) is 25.6 Å². The fraction of sp³-hybridized carbons (Fsp3) is 0.520. The second-order valence-corrected chi connectivity index (χ2v) is 8.17. The third-order valence-electron chi connectivity index (χ3n) is 6.09. The summed E-state index contributed by atoms with van der Waals surface area (Å²) >= 11 is 0. The molecule has 0 radical (unpaired) electrons. The van der Waals surface area contributed by atoms with Gasteiger partial charge in [0, 0.05) is 0 Å². The number of fused-ring (bicyclic) bond motifs is 3. The van der Waals surface area contributed by atoms with Gasteiger partial charge in [0.15, 0.2) is 0 Å². The van der Waals surface area contributed by atoms with Crippen molar-refractivity contribution >= 4 is 12.4 Å². The van der Waals surface area contributed by atoms with Gasteiger partial charge >= 0.3 is 6.92 Å². The predicted octanol–water partition coefficient (Wildman–Crippen LogP) is 6.15. The van der Waals surface area contributed by atoms with Gasteiger partial charge in [-0.15, -0.1) is 0 Å². The molecule has 1 aliphatic rings. The highest BCUT2D eigenvalue weighted by Gasteiger charge is 2.27. The maximum atomic E-state index is 11.1. The van der Waals surface area contributed by atoms with Crippen molar-refractivity contribution in [1.82, 2.24) is 0 Å². The molecule has 0 saturated carbocycles. The highest BCUT2D eigenvalue weighted by Crippen LogP contribution is 2.36. The Bertz CT molecular complexity index is 737. The lowest BCUT2D eigenvalue weighted by atomic mass is 9.54. The fourth-order valence-electron chi connectivity index (χ4n) is 4.57. The normalized spacial score (nSPS) is 12.1. The van der Waals surface area contributed by atoms with Crippen molar-refractivity contribution < 1.29 is 5.02 Å². The Labute approximate surface area is 166 Å². The van der Waals surface area contributed by atoms with Crippen LogP contribution in [0.4, 0.5) is 0 Å². The van der Waals surface area contributed by atoms with Crippen molar-refractivity contribution in [3.8, 4) is 11.1 Å². The Morgan fingerprint density at radius 3 is 2.33 bits per heavy atom. The van der Waals surface area contributed by atoms with E-state index < -0.39 is 0 Å². The molecule has 0 fully saturated rings. The van der Waals surface area contributed by atoms with Crippen LogP contribution in [0, 0.1) is 0 Å². The lowest BCUT2D eigenvalue weighted by Gasteiger charge is -2.18. The van der Waals surface area contributed by atoms with Crippen LogP contribution in [0.1, 0.15) is 81.9 Å². The van der Waals surface area contributed by atoms with Crippen LogP contribution in [-0.4, -0.2) is 11.9 Å². The van der Waals surface area contributed by atoms with Crippen molar-refractivity contribution in [1.29, 1.82) is 0 Å². The van der Waals surface area contributed by atoms with Crippen LogP contribution in [-0.2, 0) is 12.8 Å². The predicted molar refractivity (Wildman–Crippen MR) is 119 cm³/mol. The Morgan fingerprint density at radius 1 is 0.815 bits per heavy atom. The molecule has 1 nitrogen and oxygen atoms in total. The summed E-state index contributed by atoms with van der Waals surface area (Å²) in [5, 5.41) is 11.1. The largest absolute Gasteiger partial charge is 0.446 e. The topological polar surface area (TPSA) is 20.2 Å². The summed E-state index contributed by atoms with van der Waals surface area (Å²) in [5.41, 5.74) is 8.18. The molecule has 0 amide bonds. The van der Waals surface area contributed by atoms with Gasteiger partial charge in [-0.1, -0.05) is 101 Å². The minimum absolute atomic E-state index is 0.313. The molecule has 0 saturated heterocycles. The third-order valence-corrected chi connectivity index (χ3v) is 6.09. The van der Waals surface area contributed by atoms with Crippen LogP contribution in [0.15, 0.2) is 36.4 Å². The molecule has 0 bridgehead atoms. The maximum absolute atomic E-state index is 11.1. The summed E-state index contributed by atoms with van der Waals surface area (Å²) in [6, 6.07) is 13.4. The van der Waals surface area contributed by atoms with Crippen molar-refractivity contribution in [3.05, 3.63) is 53.1 Å². The number of benzene rings is 2. The first-order valence-electron chi connectivity index (χ1n) is 11.2. The SMILES string of the molecule is CCCCCCB(O)c1c(CCCCCC)ccc2c1Cc1ccccc1-2. The van der Waals surface area contributed by atoms with Crippen molar-refractivity contribution in [3.63, 3.8) is 0 Å². The first kappa shape index (κ1) is 20.2. The molecule has 0 heterocycles. The van der Waals surface area contributed by atoms with Gasteiger partial charge < -0.3 is 5.02 Å². The molecule has 0 atom stereocenters. The molecule has 1 N–H and O–H groups in total. The van der Waals surface area contributed by atoms with Crippen molar-refractivity contribution in [2.24, 2.45) is 0 Å². The van der Waals surface area contributed by atoms with E-state index in [1.165, 1.54) is 78.2 Å². The summed E-state index contributed by atoms with van der Waals surface area (Å²) in [6.07, 6.45) is 13.0. The summed E-state index contributed by atoms with van der Waals surface area (Å²) in [5.74, 6) is 0. The van der Waals surface area contributed by atoms with Crippen LogP contribution < -0.4 is 5.46 Å². The average Bonchev–Trinajstić information content (AvgIpc) is 3.06. The number of aryl methyl sites for hydroxylation is 1. The standard InChI is InChI=1S/C25H35BO/c1-3-5-7-9-13-20-16-17-23-22-15-11-10-14-21(22)19-24(23)25(20)26(27)18-12-8-6-4-2/h10-11,14-17,27H,3-9,12-13,18-19H2,1-2H3. The number of unbranched alkanes of at least 4 members (excludes halogenated alkanes) is 6. The van der Waals surface area contributed by atoms with E-state index in [2.05, 4.69) is 50.2 Å². The van der Waals surface area contributed by atoms with E-state index in [9.17, 15) is 5.02 Å². The first-order chi connectivity index (χ1) is 13.3. The molecule has 144 valence electrons. The second kappa shape index (κ2) is 10.1. The smallest absolute Gasteiger partial charge is 0.324 e. The zero-order chi connectivity index (χ0) is 19.1. The first-order valence-corrected chi connectivity index (χ1v) is 11.2. The van der Waals surface area contributed by atoms with E-state index in [0.29, 0.717) is 0 Å². The molecular formula is C25H35BO. The van der Waals surface area contributed by atoms with E-state index >= 15 is 0 Å². The molecule has 1 aliphatic carbocycles. The monoisotopic (exact) mass is 362 g/mol. The molecule has 0 unspecified atom stereocenters. The molecule has 2 aromatic rings. The van der Waals surface area contributed by atoms with Gasteiger partial charge in [0.05, 0.1) is 0 Å². The van der Waals surface area contributed by atoms with E-state index in [-0.39, 0.29) is 6.92 Å². The van der Waals surface area contributed by atoms with Gasteiger partial charge in [-0.2, -0.15) is 0 Å². The fourth-order valence-corrected chi connectivity index (χ4v) is 4.57. The van der Waals surface area contributed by atoms with Crippen LogP contribution >= 0.6 is 0 Å². The Morgan fingerprint density at radius 2 is 1.56 bits per heavy atom. The van der Waals surface area contributed by atoms with Crippen molar-refractivity contribution in [2.75, 3.05) is 0 Å². The highest BCUT2D eigenvalue weighted by molar-refractivity contribution is 6.67. The van der Waals surface area contributed by atoms with E-state index in [4.69, 9.17) is 0 Å². The third kappa shape index (κ3) is 4.85. The molecule has 0 aliphatic heterocycles. The quantitative estimate of drug-likeness (QED) is 0.320. The number of hydrogen-bond donors (Lipinski definition) is 1. The van der Waals surface area contributed by atoms with E-state index in [1.54, 1.807) is 0 Å². The Balaban J connectivity index is 1.84. The van der Waals surface area contributed by atoms with E-state index in [1.807, 2.05) is 0 Å². The summed E-state index contributed by atoms with van der Waals surface area (Å²) in [6.45, 7) is 4.19. The van der Waals surface area contributed by atoms with Crippen LogP contribution in [0.25, 0.3) is 11.1 Å². The van der Waals surface area contributed by atoms with Crippen LogP contribution in [0.2, 0.25) is 6.32 Å². The summed E-state index contributed by atoms with van der Waals surface area (Å²) in [4.78, 5) is 0. The van der Waals surface area contributed by atoms with Crippen LogP contribution in [0.5, 0.6) is 0 Å². The van der Waals surface area contributed by atoms with Gasteiger partial charge in [0.25, 0.3) is 0 Å². The lowest BCUT2D eigenvalue weighted by molar-refractivity contribution is 0.571. The number of rotatable bonds is 11. The molecule has 2 heteroatoms. The maximum Gasteiger partial charge on any atom is 0.324 e. The Hall–Kier alpha value is -1.54. The lowest BCUT2D eigenvalue weighted by Crippen LogP contribution is -2.36. The minimum Gasteiger partial charge on any atom is -0.446 e. The highest BCUT2D eigenvalue weighted by atomic mass is 16.2. The molecule has 0 spiro atoms. The van der Waals surface area contributed by atoms with Gasteiger partial charge in [0.2, 0.25) is 0 Å². The Kier molecular flexibility index (Phi) is 7.58. The molecule has 0 aromatic heterocycles. The minimum atomic E-state index is -0.313. The zero-order valence-electron chi connectivity index (χ0n) is 17.3.